The van der Waals surface area contributed by atoms with Gasteiger partial charge in [-0.3, -0.25) is 0 Å². The summed E-state index contributed by atoms with van der Waals surface area (Å²) in [6.07, 6.45) is 31.3. The molecule has 2 heteroatoms. The van der Waals surface area contributed by atoms with Crippen molar-refractivity contribution in [1.82, 2.24) is 0 Å². The van der Waals surface area contributed by atoms with E-state index in [4.69, 9.17) is 9.47 Å². The third-order valence-electron chi connectivity index (χ3n) is 6.29. The smallest absolute Gasteiger partial charge is 0.168 e. The fourth-order valence-electron chi connectivity index (χ4n) is 4.37. The minimum atomic E-state index is -0.231. The lowest BCUT2D eigenvalue weighted by Gasteiger charge is -2.27. The second-order valence-corrected chi connectivity index (χ2v) is 9.11. The molecule has 0 radical (unpaired) electrons. The second-order valence-electron chi connectivity index (χ2n) is 9.11. The summed E-state index contributed by atoms with van der Waals surface area (Å²) in [4.78, 5) is 0. The SMILES string of the molecule is CCCCCCCC/C=C\CCCCCCCC1(CCCCCCC)OCCO1. The molecular weight excluding hydrogens is 356 g/mol. The summed E-state index contributed by atoms with van der Waals surface area (Å²) in [6, 6.07) is 0. The fourth-order valence-corrected chi connectivity index (χ4v) is 4.37. The fraction of sp³-hybridized carbons (Fsp3) is 0.926. The Hall–Kier alpha value is -0.340. The van der Waals surface area contributed by atoms with Crippen LogP contribution in [0.5, 0.6) is 0 Å². The van der Waals surface area contributed by atoms with Gasteiger partial charge in [0.25, 0.3) is 0 Å². The summed E-state index contributed by atoms with van der Waals surface area (Å²) in [6.45, 7) is 6.14. The van der Waals surface area contributed by atoms with Gasteiger partial charge >= 0.3 is 0 Å². The summed E-state index contributed by atoms with van der Waals surface area (Å²) >= 11 is 0. The molecule has 0 aromatic heterocycles. The van der Waals surface area contributed by atoms with Gasteiger partial charge in [0, 0.05) is 12.8 Å². The number of hydrogen-bond acceptors (Lipinski definition) is 2. The molecular formula is C27H52O2. The monoisotopic (exact) mass is 408 g/mol. The van der Waals surface area contributed by atoms with E-state index in [2.05, 4.69) is 26.0 Å². The van der Waals surface area contributed by atoms with Gasteiger partial charge in [-0.15, -0.1) is 0 Å². The van der Waals surface area contributed by atoms with E-state index >= 15 is 0 Å². The van der Waals surface area contributed by atoms with Crippen LogP contribution in [0.25, 0.3) is 0 Å². The standard InChI is InChI=1S/C27H52O2/c1-3-5-7-9-10-11-12-13-14-15-16-17-18-20-22-24-27(28-25-26-29-27)23-21-19-8-6-4-2/h13-14H,3-12,15-26H2,1-2H3/b14-13-. The molecule has 0 amide bonds. The number of ether oxygens (including phenoxy) is 2. The van der Waals surface area contributed by atoms with E-state index in [1.807, 2.05) is 0 Å². The minimum absolute atomic E-state index is 0.231. The molecule has 0 spiro atoms. The summed E-state index contributed by atoms with van der Waals surface area (Å²) < 4.78 is 12.1. The van der Waals surface area contributed by atoms with Crippen molar-refractivity contribution in [3.8, 4) is 0 Å². The zero-order chi connectivity index (χ0) is 20.9. The number of rotatable bonds is 21. The number of hydrogen-bond donors (Lipinski definition) is 0. The molecule has 1 rings (SSSR count). The van der Waals surface area contributed by atoms with Crippen LogP contribution >= 0.6 is 0 Å². The predicted molar refractivity (Wildman–Crippen MR) is 127 cm³/mol. The molecule has 0 aromatic carbocycles. The Bertz CT molecular complexity index is 358. The average Bonchev–Trinajstić information content (AvgIpc) is 3.20. The van der Waals surface area contributed by atoms with Crippen LogP contribution in [-0.4, -0.2) is 19.0 Å². The van der Waals surface area contributed by atoms with E-state index in [1.54, 1.807) is 0 Å². The van der Waals surface area contributed by atoms with Crippen LogP contribution in [0, 0.1) is 0 Å². The van der Waals surface area contributed by atoms with Crippen LogP contribution in [0.4, 0.5) is 0 Å². The maximum atomic E-state index is 6.03. The van der Waals surface area contributed by atoms with Crippen LogP contribution in [0.2, 0.25) is 0 Å². The van der Waals surface area contributed by atoms with E-state index in [9.17, 15) is 0 Å². The molecule has 0 bridgehead atoms. The van der Waals surface area contributed by atoms with E-state index in [0.29, 0.717) is 0 Å². The first-order valence-electron chi connectivity index (χ1n) is 13.3. The molecule has 0 N–H and O–H groups in total. The van der Waals surface area contributed by atoms with Gasteiger partial charge in [0.1, 0.15) is 0 Å². The highest BCUT2D eigenvalue weighted by Crippen LogP contribution is 2.32. The zero-order valence-corrected chi connectivity index (χ0v) is 20.0. The number of allylic oxidation sites excluding steroid dienone is 2. The third-order valence-corrected chi connectivity index (χ3v) is 6.29. The van der Waals surface area contributed by atoms with E-state index < -0.39 is 0 Å². The van der Waals surface area contributed by atoms with Crippen molar-refractivity contribution in [3.63, 3.8) is 0 Å². The minimum Gasteiger partial charge on any atom is -0.348 e. The molecule has 0 saturated carbocycles. The average molecular weight is 409 g/mol. The van der Waals surface area contributed by atoms with Crippen LogP contribution in [0.1, 0.15) is 142 Å². The van der Waals surface area contributed by atoms with Crippen molar-refractivity contribution in [2.75, 3.05) is 13.2 Å². The van der Waals surface area contributed by atoms with Gasteiger partial charge in [0.2, 0.25) is 0 Å². The highest BCUT2D eigenvalue weighted by Gasteiger charge is 2.34. The van der Waals surface area contributed by atoms with E-state index in [-0.39, 0.29) is 5.79 Å². The van der Waals surface area contributed by atoms with Crippen molar-refractivity contribution in [2.24, 2.45) is 0 Å². The predicted octanol–water partition coefficient (Wildman–Crippen LogP) is 9.13. The summed E-state index contributed by atoms with van der Waals surface area (Å²) in [7, 11) is 0. The van der Waals surface area contributed by atoms with Crippen molar-refractivity contribution in [3.05, 3.63) is 12.2 Å². The summed E-state index contributed by atoms with van der Waals surface area (Å²) in [5.41, 5.74) is 0. The Morgan fingerprint density at radius 3 is 1.34 bits per heavy atom. The second kappa shape index (κ2) is 19.6. The van der Waals surface area contributed by atoms with Crippen LogP contribution in [-0.2, 0) is 9.47 Å². The van der Waals surface area contributed by atoms with Gasteiger partial charge in [-0.05, 0) is 38.5 Å². The van der Waals surface area contributed by atoms with Crippen molar-refractivity contribution in [2.45, 2.75) is 148 Å². The van der Waals surface area contributed by atoms with E-state index in [1.165, 1.54) is 116 Å². The molecule has 1 fully saturated rings. The van der Waals surface area contributed by atoms with Crippen LogP contribution in [0.3, 0.4) is 0 Å². The molecule has 0 aliphatic carbocycles. The third kappa shape index (κ3) is 15.2. The Balaban J connectivity index is 1.92. The van der Waals surface area contributed by atoms with Gasteiger partial charge in [-0.2, -0.15) is 0 Å². The van der Waals surface area contributed by atoms with E-state index in [0.717, 1.165) is 26.1 Å². The van der Waals surface area contributed by atoms with Crippen molar-refractivity contribution in [1.29, 1.82) is 0 Å². The summed E-state index contributed by atoms with van der Waals surface area (Å²) in [5.74, 6) is -0.231. The molecule has 0 aromatic rings. The van der Waals surface area contributed by atoms with Gasteiger partial charge in [-0.1, -0.05) is 103 Å². The van der Waals surface area contributed by atoms with Gasteiger partial charge < -0.3 is 9.47 Å². The highest BCUT2D eigenvalue weighted by atomic mass is 16.7. The van der Waals surface area contributed by atoms with Crippen molar-refractivity contribution < 1.29 is 9.47 Å². The molecule has 1 saturated heterocycles. The topological polar surface area (TPSA) is 18.5 Å². The molecule has 2 nitrogen and oxygen atoms in total. The molecule has 0 unspecified atom stereocenters. The maximum Gasteiger partial charge on any atom is 0.168 e. The largest absolute Gasteiger partial charge is 0.348 e. The molecule has 1 aliphatic rings. The lowest BCUT2D eigenvalue weighted by atomic mass is 9.99. The first-order valence-corrected chi connectivity index (χ1v) is 13.3. The Morgan fingerprint density at radius 2 is 0.897 bits per heavy atom. The van der Waals surface area contributed by atoms with Gasteiger partial charge in [-0.25, -0.2) is 0 Å². The Labute approximate surface area is 183 Å². The van der Waals surface area contributed by atoms with Crippen LogP contribution in [0.15, 0.2) is 12.2 Å². The highest BCUT2D eigenvalue weighted by molar-refractivity contribution is 4.81. The normalized spacial score (nSPS) is 16.2. The zero-order valence-electron chi connectivity index (χ0n) is 20.0. The molecule has 172 valence electrons. The lowest BCUT2D eigenvalue weighted by molar-refractivity contribution is -0.168. The number of unbranched alkanes of at least 4 members (excludes halogenated alkanes) is 15. The first kappa shape index (κ1) is 26.7. The maximum absolute atomic E-state index is 6.03. The summed E-state index contributed by atoms with van der Waals surface area (Å²) in [5, 5.41) is 0. The van der Waals surface area contributed by atoms with Gasteiger partial charge in [0.15, 0.2) is 5.79 Å². The Kier molecular flexibility index (Phi) is 18.1. The quantitative estimate of drug-likeness (QED) is 0.139. The first-order chi connectivity index (χ1) is 14.3. The van der Waals surface area contributed by atoms with Gasteiger partial charge in [0.05, 0.1) is 13.2 Å². The van der Waals surface area contributed by atoms with Crippen LogP contribution < -0.4 is 0 Å². The van der Waals surface area contributed by atoms with Crippen molar-refractivity contribution >= 4 is 0 Å². The molecule has 1 heterocycles. The molecule has 1 aliphatic heterocycles. The Morgan fingerprint density at radius 1 is 0.517 bits per heavy atom. The molecule has 0 atom stereocenters. The lowest BCUT2D eigenvalue weighted by Crippen LogP contribution is -2.30. The molecule has 29 heavy (non-hydrogen) atoms.